The second kappa shape index (κ2) is 5.14. The average Bonchev–Trinajstić information content (AvgIpc) is 2.41. The number of aryl methyl sites for hydroxylation is 1. The Morgan fingerprint density at radius 1 is 1.28 bits per heavy atom. The van der Waals surface area contributed by atoms with E-state index in [1.807, 2.05) is 6.92 Å². The average molecular weight is 247 g/mol. The Labute approximate surface area is 105 Å². The first-order valence-electron chi connectivity index (χ1n) is 5.56. The fraction of sp³-hybridized carbons (Fsp3) is 0.214. The Morgan fingerprint density at radius 3 is 2.67 bits per heavy atom. The summed E-state index contributed by atoms with van der Waals surface area (Å²) in [5.41, 5.74) is 1.68. The fourth-order valence-electron chi connectivity index (χ4n) is 1.73. The largest absolute Gasteiger partial charge is 0.481 e. The molecule has 18 heavy (non-hydrogen) atoms. The van der Waals surface area contributed by atoms with Crippen LogP contribution >= 0.6 is 0 Å². The summed E-state index contributed by atoms with van der Waals surface area (Å²) in [7, 11) is 1.51. The molecule has 1 N–H and O–H groups in total. The van der Waals surface area contributed by atoms with Crippen molar-refractivity contribution in [2.75, 3.05) is 7.11 Å². The topological polar surface area (TPSA) is 42.4 Å². The third-order valence-corrected chi connectivity index (χ3v) is 2.73. The van der Waals surface area contributed by atoms with Crippen molar-refractivity contribution in [3.63, 3.8) is 0 Å². The summed E-state index contributed by atoms with van der Waals surface area (Å²) in [6.07, 6.45) is 0.453. The summed E-state index contributed by atoms with van der Waals surface area (Å²) < 4.78 is 18.6. The number of benzene rings is 1. The molecule has 0 aliphatic carbocycles. The number of methoxy groups -OCH3 is 1. The zero-order valence-electron chi connectivity index (χ0n) is 10.2. The lowest BCUT2D eigenvalue weighted by Gasteiger charge is -2.13. The number of nitrogens with zero attached hydrogens (tertiary/aromatic N) is 1. The number of hydrogen-bond donors (Lipinski definition) is 1. The molecule has 0 amide bonds. The highest BCUT2D eigenvalue weighted by molar-refractivity contribution is 5.33. The van der Waals surface area contributed by atoms with Crippen molar-refractivity contribution in [3.05, 3.63) is 59.0 Å². The summed E-state index contributed by atoms with van der Waals surface area (Å²) in [5.74, 6) is 0.0274. The van der Waals surface area contributed by atoms with E-state index in [9.17, 15) is 9.50 Å². The van der Waals surface area contributed by atoms with E-state index < -0.39 is 11.9 Å². The second-order valence-corrected chi connectivity index (χ2v) is 4.06. The van der Waals surface area contributed by atoms with Gasteiger partial charge in [0.2, 0.25) is 5.88 Å². The summed E-state index contributed by atoms with van der Waals surface area (Å²) in [6.45, 7) is 1.85. The maximum atomic E-state index is 13.6. The van der Waals surface area contributed by atoms with E-state index in [1.54, 1.807) is 24.3 Å². The third kappa shape index (κ3) is 2.49. The Hall–Kier alpha value is -1.94. The van der Waals surface area contributed by atoms with E-state index in [4.69, 9.17) is 4.74 Å². The van der Waals surface area contributed by atoms with Gasteiger partial charge in [-0.25, -0.2) is 9.37 Å². The minimum atomic E-state index is -1.02. The van der Waals surface area contributed by atoms with Crippen LogP contribution in [0.5, 0.6) is 5.88 Å². The first kappa shape index (κ1) is 12.5. The zero-order valence-corrected chi connectivity index (χ0v) is 10.2. The number of hydrogen-bond acceptors (Lipinski definition) is 3. The third-order valence-electron chi connectivity index (χ3n) is 2.73. The quantitative estimate of drug-likeness (QED) is 0.906. The van der Waals surface area contributed by atoms with Gasteiger partial charge < -0.3 is 9.84 Å². The normalized spacial score (nSPS) is 12.2. The summed E-state index contributed by atoms with van der Waals surface area (Å²) in [6, 6.07) is 7.94. The smallest absolute Gasteiger partial charge is 0.212 e. The molecule has 0 bridgehead atoms. The van der Waals surface area contributed by atoms with Crippen LogP contribution in [0.25, 0.3) is 0 Å². The fourth-order valence-corrected chi connectivity index (χ4v) is 1.73. The number of pyridine rings is 1. The molecule has 4 heteroatoms. The Balaban J connectivity index is 2.34. The molecule has 0 aliphatic heterocycles. The molecular formula is C14H14FNO2. The minimum Gasteiger partial charge on any atom is -0.481 e. The second-order valence-electron chi connectivity index (χ2n) is 4.06. The van der Waals surface area contributed by atoms with Gasteiger partial charge in [-0.05, 0) is 19.1 Å². The van der Waals surface area contributed by atoms with Crippen molar-refractivity contribution in [2.45, 2.75) is 13.0 Å². The van der Waals surface area contributed by atoms with E-state index >= 15 is 0 Å². The number of aliphatic hydroxyl groups is 1. The molecule has 0 spiro atoms. The lowest BCUT2D eigenvalue weighted by molar-refractivity contribution is 0.214. The minimum absolute atomic E-state index is 0.252. The maximum Gasteiger partial charge on any atom is 0.212 e. The molecule has 1 unspecified atom stereocenters. The maximum absolute atomic E-state index is 13.6. The standard InChI is InChI=1S/C14H14FNO2/c1-9-3-5-12(15)11(7-9)14(17)10-4-6-13(18-2)16-8-10/h3-8,14,17H,1-2H3. The Morgan fingerprint density at radius 2 is 2.06 bits per heavy atom. The first-order chi connectivity index (χ1) is 8.61. The van der Waals surface area contributed by atoms with Gasteiger partial charge in [0.05, 0.1) is 7.11 Å². The number of aliphatic hydroxyl groups excluding tert-OH is 1. The Bertz CT molecular complexity index is 540. The van der Waals surface area contributed by atoms with E-state index in [0.29, 0.717) is 11.4 Å². The number of rotatable bonds is 3. The summed E-state index contributed by atoms with van der Waals surface area (Å²) in [5, 5.41) is 10.1. The van der Waals surface area contributed by atoms with Gasteiger partial charge in [0.25, 0.3) is 0 Å². The first-order valence-corrected chi connectivity index (χ1v) is 5.56. The van der Waals surface area contributed by atoms with E-state index in [2.05, 4.69) is 4.98 Å². The summed E-state index contributed by atoms with van der Waals surface area (Å²) in [4.78, 5) is 3.99. The SMILES string of the molecule is COc1ccc(C(O)c2cc(C)ccc2F)cn1. The van der Waals surface area contributed by atoms with Crippen LogP contribution < -0.4 is 4.74 Å². The molecule has 0 fully saturated rings. The molecule has 0 aliphatic rings. The molecule has 0 saturated carbocycles. The molecular weight excluding hydrogens is 233 g/mol. The highest BCUT2D eigenvalue weighted by Crippen LogP contribution is 2.25. The monoisotopic (exact) mass is 247 g/mol. The summed E-state index contributed by atoms with van der Waals surface area (Å²) >= 11 is 0. The predicted molar refractivity (Wildman–Crippen MR) is 66.0 cm³/mol. The van der Waals surface area contributed by atoms with Crippen molar-refractivity contribution < 1.29 is 14.2 Å². The van der Waals surface area contributed by atoms with Crippen LogP contribution in [0.3, 0.4) is 0 Å². The van der Waals surface area contributed by atoms with Gasteiger partial charge in [0.1, 0.15) is 11.9 Å². The molecule has 1 aromatic carbocycles. The van der Waals surface area contributed by atoms with Crippen LogP contribution in [0.15, 0.2) is 36.5 Å². The van der Waals surface area contributed by atoms with Crippen molar-refractivity contribution in [2.24, 2.45) is 0 Å². The van der Waals surface area contributed by atoms with E-state index in [-0.39, 0.29) is 5.56 Å². The van der Waals surface area contributed by atoms with Gasteiger partial charge >= 0.3 is 0 Å². The van der Waals surface area contributed by atoms with Crippen LogP contribution in [0.1, 0.15) is 22.8 Å². The molecule has 0 saturated heterocycles. The van der Waals surface area contributed by atoms with Crippen LogP contribution in [-0.4, -0.2) is 17.2 Å². The van der Waals surface area contributed by atoms with Crippen LogP contribution in [0, 0.1) is 12.7 Å². The van der Waals surface area contributed by atoms with Crippen molar-refractivity contribution in [1.82, 2.24) is 4.98 Å². The van der Waals surface area contributed by atoms with Crippen LogP contribution in [-0.2, 0) is 0 Å². The van der Waals surface area contributed by atoms with Gasteiger partial charge in [0.15, 0.2) is 0 Å². The molecule has 1 atom stereocenters. The zero-order chi connectivity index (χ0) is 13.1. The van der Waals surface area contributed by atoms with Crippen molar-refractivity contribution in [1.29, 1.82) is 0 Å². The Kier molecular flexibility index (Phi) is 3.58. The number of aromatic nitrogens is 1. The number of halogens is 1. The lowest BCUT2D eigenvalue weighted by atomic mass is 10.0. The molecule has 2 rings (SSSR count). The van der Waals surface area contributed by atoms with E-state index in [1.165, 1.54) is 19.4 Å². The van der Waals surface area contributed by atoms with Crippen molar-refractivity contribution in [3.8, 4) is 5.88 Å². The molecule has 1 heterocycles. The van der Waals surface area contributed by atoms with Gasteiger partial charge in [0, 0.05) is 23.4 Å². The van der Waals surface area contributed by atoms with E-state index in [0.717, 1.165) is 5.56 Å². The van der Waals surface area contributed by atoms with Gasteiger partial charge in [-0.3, -0.25) is 0 Å². The molecule has 3 nitrogen and oxygen atoms in total. The molecule has 1 aromatic heterocycles. The van der Waals surface area contributed by atoms with Crippen molar-refractivity contribution >= 4 is 0 Å². The molecule has 2 aromatic rings. The predicted octanol–water partition coefficient (Wildman–Crippen LogP) is 2.62. The molecule has 0 radical (unpaired) electrons. The van der Waals surface area contributed by atoms with Gasteiger partial charge in [-0.2, -0.15) is 0 Å². The number of ether oxygens (including phenoxy) is 1. The highest BCUT2D eigenvalue weighted by Gasteiger charge is 2.15. The van der Waals surface area contributed by atoms with Crippen LogP contribution in [0.2, 0.25) is 0 Å². The lowest BCUT2D eigenvalue weighted by Crippen LogP contribution is -2.03. The van der Waals surface area contributed by atoms with Crippen LogP contribution in [0.4, 0.5) is 4.39 Å². The van der Waals surface area contributed by atoms with Gasteiger partial charge in [-0.15, -0.1) is 0 Å². The van der Waals surface area contributed by atoms with Gasteiger partial charge in [-0.1, -0.05) is 17.7 Å². The molecule has 94 valence electrons. The highest BCUT2D eigenvalue weighted by atomic mass is 19.1.